The maximum Gasteiger partial charge on any atom is 0.333 e. The molecule has 3 aromatic carbocycles. The van der Waals surface area contributed by atoms with Crippen LogP contribution in [0.2, 0.25) is 0 Å². The van der Waals surface area contributed by atoms with Crippen LogP contribution in [0.25, 0.3) is 0 Å². The van der Waals surface area contributed by atoms with Crippen molar-refractivity contribution in [3.63, 3.8) is 0 Å². The Labute approximate surface area is 295 Å². The molecule has 0 saturated heterocycles. The first-order chi connectivity index (χ1) is 23.9. The Morgan fingerprint density at radius 1 is 0.580 bits per heavy atom. The Balaban J connectivity index is 1.72. The molecular formula is C40H50O10. The van der Waals surface area contributed by atoms with E-state index in [1.54, 1.807) is 13.8 Å². The fourth-order valence-electron chi connectivity index (χ4n) is 4.22. The van der Waals surface area contributed by atoms with Crippen LogP contribution >= 0.6 is 0 Å². The van der Waals surface area contributed by atoms with Crippen molar-refractivity contribution in [3.8, 4) is 23.0 Å². The van der Waals surface area contributed by atoms with Gasteiger partial charge in [-0.05, 0) is 61.2 Å². The molecule has 3 aromatic rings. The highest BCUT2D eigenvalue weighted by atomic mass is 16.6. The summed E-state index contributed by atoms with van der Waals surface area (Å²) in [4.78, 5) is 23.6. The van der Waals surface area contributed by atoms with E-state index in [1.165, 1.54) is 0 Å². The van der Waals surface area contributed by atoms with Crippen LogP contribution in [0.4, 0.5) is 0 Å². The van der Waals surface area contributed by atoms with Crippen LogP contribution in [-0.4, -0.2) is 77.0 Å². The third kappa shape index (κ3) is 14.8. The highest BCUT2D eigenvalue weighted by Gasteiger charge is 2.21. The molecule has 2 unspecified atom stereocenters. The zero-order valence-electron chi connectivity index (χ0n) is 29.8. The Morgan fingerprint density at radius 2 is 1.00 bits per heavy atom. The van der Waals surface area contributed by atoms with Crippen molar-refractivity contribution in [3.05, 3.63) is 109 Å². The number of hydrogen-bond acceptors (Lipinski definition) is 10. The van der Waals surface area contributed by atoms with Crippen molar-refractivity contribution in [1.29, 1.82) is 0 Å². The molecule has 0 saturated carbocycles. The lowest BCUT2D eigenvalue weighted by Gasteiger charge is -2.24. The van der Waals surface area contributed by atoms with Gasteiger partial charge in [-0.15, -0.1) is 0 Å². The summed E-state index contributed by atoms with van der Waals surface area (Å²) in [5, 5.41) is 0. The van der Waals surface area contributed by atoms with Gasteiger partial charge in [0.05, 0.1) is 13.2 Å². The van der Waals surface area contributed by atoms with Crippen LogP contribution in [-0.2, 0) is 34.0 Å². The minimum Gasteiger partial charge on any atom is -0.491 e. The molecule has 10 heteroatoms. The zero-order valence-corrected chi connectivity index (χ0v) is 29.8. The Morgan fingerprint density at radius 3 is 1.42 bits per heavy atom. The topological polar surface area (TPSA) is 108 Å². The van der Waals surface area contributed by atoms with E-state index >= 15 is 0 Å². The van der Waals surface area contributed by atoms with Gasteiger partial charge in [-0.3, -0.25) is 0 Å². The van der Waals surface area contributed by atoms with Crippen molar-refractivity contribution >= 4 is 11.9 Å². The van der Waals surface area contributed by atoms with E-state index in [1.807, 2.05) is 78.9 Å². The summed E-state index contributed by atoms with van der Waals surface area (Å²) >= 11 is 0. The van der Waals surface area contributed by atoms with Crippen molar-refractivity contribution in [2.75, 3.05) is 52.9 Å². The minimum absolute atomic E-state index is 0.0558. The molecule has 0 aromatic heterocycles. The second-order valence-electron chi connectivity index (χ2n) is 12.6. The SMILES string of the molecule is C=C(C)C(=O)OCCOC(COc1ccccc1)COc1ccc(C(C)(C)C)cc1OCC(COc1ccccc1)OCCOC(=O)C(=C)C. The van der Waals surface area contributed by atoms with Crippen molar-refractivity contribution in [2.24, 2.45) is 0 Å². The fraction of sp³-hybridized carbons (Fsp3) is 0.400. The predicted octanol–water partition coefficient (Wildman–Crippen LogP) is 6.91. The number of para-hydroxylation sites is 2. The van der Waals surface area contributed by atoms with Gasteiger partial charge in [0, 0.05) is 11.1 Å². The van der Waals surface area contributed by atoms with E-state index in [2.05, 4.69) is 33.9 Å². The first kappa shape index (κ1) is 39.6. The van der Waals surface area contributed by atoms with Gasteiger partial charge in [0.15, 0.2) is 11.5 Å². The predicted molar refractivity (Wildman–Crippen MR) is 191 cm³/mol. The molecule has 2 atom stereocenters. The molecule has 0 aliphatic heterocycles. The molecular weight excluding hydrogens is 640 g/mol. The van der Waals surface area contributed by atoms with Gasteiger partial charge in [-0.25, -0.2) is 9.59 Å². The second kappa shape index (κ2) is 20.7. The molecule has 3 rings (SSSR count). The summed E-state index contributed by atoms with van der Waals surface area (Å²) in [6.45, 7) is 17.7. The molecule has 270 valence electrons. The van der Waals surface area contributed by atoms with Crippen LogP contribution in [0.3, 0.4) is 0 Å². The standard InChI is InChI=1S/C40H50O10/c1-29(2)38(41)45-22-20-43-34(25-47-32-14-10-8-11-15-32)27-49-36-19-18-31(40(5,6)7)24-37(36)50-28-35(26-48-33-16-12-9-13-17-33)44-21-23-46-39(42)30(3)4/h8-19,24,34-35H,1,3,20-23,25-28H2,2,4-7H3. The molecule has 0 amide bonds. The van der Waals surface area contributed by atoms with Crippen LogP contribution < -0.4 is 18.9 Å². The smallest absolute Gasteiger partial charge is 0.333 e. The summed E-state index contributed by atoms with van der Waals surface area (Å²) in [6.07, 6.45) is -1.02. The van der Waals surface area contributed by atoms with Crippen molar-refractivity contribution < 1.29 is 47.5 Å². The van der Waals surface area contributed by atoms with E-state index < -0.39 is 24.1 Å². The fourth-order valence-corrected chi connectivity index (χ4v) is 4.22. The maximum atomic E-state index is 11.8. The number of carbonyl (C=O) groups is 2. The summed E-state index contributed by atoms with van der Waals surface area (Å²) in [5.41, 5.74) is 1.51. The minimum atomic E-state index is -0.512. The van der Waals surface area contributed by atoms with Crippen LogP contribution in [0.1, 0.15) is 40.2 Å². The zero-order chi connectivity index (χ0) is 36.4. The average Bonchev–Trinajstić information content (AvgIpc) is 3.10. The normalized spacial score (nSPS) is 12.3. The quantitative estimate of drug-likeness (QED) is 0.0627. The lowest BCUT2D eigenvalue weighted by molar-refractivity contribution is -0.142. The molecule has 0 aliphatic carbocycles. The van der Waals surface area contributed by atoms with Crippen molar-refractivity contribution in [1.82, 2.24) is 0 Å². The Bertz CT molecular complexity index is 1500. The van der Waals surface area contributed by atoms with E-state index in [-0.39, 0.29) is 58.3 Å². The van der Waals surface area contributed by atoms with Gasteiger partial charge in [0.2, 0.25) is 0 Å². The van der Waals surface area contributed by atoms with E-state index in [9.17, 15) is 9.59 Å². The van der Waals surface area contributed by atoms with Crippen LogP contribution in [0, 0.1) is 0 Å². The average molecular weight is 691 g/mol. The Hall–Kier alpha value is -4.80. The molecule has 50 heavy (non-hydrogen) atoms. The summed E-state index contributed by atoms with van der Waals surface area (Å²) in [5.74, 6) is 1.42. The monoisotopic (exact) mass is 690 g/mol. The highest BCUT2D eigenvalue weighted by Crippen LogP contribution is 2.34. The molecule has 0 bridgehead atoms. The third-order valence-electron chi connectivity index (χ3n) is 7.05. The van der Waals surface area contributed by atoms with Gasteiger partial charge in [-0.2, -0.15) is 0 Å². The number of benzene rings is 3. The Kier molecular flexibility index (Phi) is 16.4. The van der Waals surface area contributed by atoms with Gasteiger partial charge in [0.25, 0.3) is 0 Å². The molecule has 10 nitrogen and oxygen atoms in total. The van der Waals surface area contributed by atoms with E-state index in [0.717, 1.165) is 5.56 Å². The second-order valence-corrected chi connectivity index (χ2v) is 12.6. The molecule has 0 fully saturated rings. The third-order valence-corrected chi connectivity index (χ3v) is 7.05. The molecule has 0 radical (unpaired) electrons. The first-order valence-electron chi connectivity index (χ1n) is 16.6. The van der Waals surface area contributed by atoms with Crippen LogP contribution in [0.5, 0.6) is 23.0 Å². The number of ether oxygens (including phenoxy) is 8. The van der Waals surface area contributed by atoms with Gasteiger partial charge < -0.3 is 37.9 Å². The number of carbonyl (C=O) groups excluding carboxylic acids is 2. The van der Waals surface area contributed by atoms with Gasteiger partial charge >= 0.3 is 11.9 Å². The molecule has 0 aliphatic rings. The molecule has 0 heterocycles. The molecule has 0 spiro atoms. The van der Waals surface area contributed by atoms with Gasteiger partial charge in [-0.1, -0.05) is 76.4 Å². The first-order valence-corrected chi connectivity index (χ1v) is 16.6. The van der Waals surface area contributed by atoms with E-state index in [0.29, 0.717) is 34.1 Å². The largest absolute Gasteiger partial charge is 0.491 e. The number of hydrogen-bond donors (Lipinski definition) is 0. The summed E-state index contributed by atoms with van der Waals surface area (Å²) in [6, 6.07) is 24.6. The van der Waals surface area contributed by atoms with Gasteiger partial charge in [0.1, 0.15) is 63.3 Å². The number of esters is 2. The summed E-state index contributed by atoms with van der Waals surface area (Å²) < 4.78 is 47.0. The maximum absolute atomic E-state index is 11.8. The van der Waals surface area contributed by atoms with Crippen LogP contribution in [0.15, 0.2) is 103 Å². The van der Waals surface area contributed by atoms with Crippen molar-refractivity contribution in [2.45, 2.75) is 52.2 Å². The van der Waals surface area contributed by atoms with E-state index in [4.69, 9.17) is 37.9 Å². The number of rotatable bonds is 22. The lowest BCUT2D eigenvalue weighted by atomic mass is 9.87. The lowest BCUT2D eigenvalue weighted by Crippen LogP contribution is -2.31. The molecule has 0 N–H and O–H groups in total. The highest BCUT2D eigenvalue weighted by molar-refractivity contribution is 5.87. The summed E-state index contributed by atoms with van der Waals surface area (Å²) in [7, 11) is 0.